The first-order valence-electron chi connectivity index (χ1n) is 24.8. The van der Waals surface area contributed by atoms with E-state index < -0.39 is 49.5 Å². The molecule has 0 aliphatic carbocycles. The Morgan fingerprint density at radius 3 is 1.66 bits per heavy atom. The molecule has 0 spiro atoms. The van der Waals surface area contributed by atoms with E-state index in [1.165, 1.54) is 83.5 Å². The largest absolute Gasteiger partial charge is 0.466 e. The molecule has 1 amide bonds. The number of aliphatic hydroxyl groups is 5. The van der Waals surface area contributed by atoms with Crippen LogP contribution < -0.4 is 5.32 Å². The fourth-order valence-corrected chi connectivity index (χ4v) is 7.44. The van der Waals surface area contributed by atoms with Crippen molar-refractivity contribution in [2.45, 2.75) is 249 Å². The molecule has 11 nitrogen and oxygen atoms in total. The molecule has 61 heavy (non-hydrogen) atoms. The molecule has 0 bridgehead atoms. The first kappa shape index (κ1) is 56.9. The predicted octanol–water partition coefficient (Wildman–Crippen LogP) is 9.60. The van der Waals surface area contributed by atoms with Crippen LogP contribution in [-0.2, 0) is 23.8 Å². The average Bonchev–Trinajstić information content (AvgIpc) is 3.25. The monoisotopic (exact) mass is 866 g/mol. The molecular formula is C50H91NO10. The lowest BCUT2D eigenvalue weighted by Gasteiger charge is -2.40. The summed E-state index contributed by atoms with van der Waals surface area (Å²) >= 11 is 0. The van der Waals surface area contributed by atoms with Gasteiger partial charge >= 0.3 is 5.97 Å². The Morgan fingerprint density at radius 1 is 0.590 bits per heavy atom. The summed E-state index contributed by atoms with van der Waals surface area (Å²) in [6.45, 7) is 4.17. The molecule has 356 valence electrons. The zero-order chi connectivity index (χ0) is 44.6. The lowest BCUT2D eigenvalue weighted by Crippen LogP contribution is -2.60. The van der Waals surface area contributed by atoms with Crippen molar-refractivity contribution in [3.05, 3.63) is 36.5 Å². The number of amides is 1. The van der Waals surface area contributed by atoms with E-state index in [4.69, 9.17) is 14.2 Å². The first-order chi connectivity index (χ1) is 29.7. The number of ether oxygens (including phenoxy) is 3. The lowest BCUT2D eigenvalue weighted by atomic mass is 9.99. The Kier molecular flexibility index (Phi) is 37.9. The summed E-state index contributed by atoms with van der Waals surface area (Å²) in [7, 11) is 0. The minimum absolute atomic E-state index is 0.0484. The quantitative estimate of drug-likeness (QED) is 0.0197. The molecule has 0 aromatic rings. The second kappa shape index (κ2) is 40.6. The van der Waals surface area contributed by atoms with E-state index >= 15 is 0 Å². The van der Waals surface area contributed by atoms with Crippen LogP contribution >= 0.6 is 0 Å². The second-order valence-electron chi connectivity index (χ2n) is 17.2. The van der Waals surface area contributed by atoms with Gasteiger partial charge in [0.2, 0.25) is 5.91 Å². The number of carbonyl (C=O) groups excluding carboxylic acids is 2. The van der Waals surface area contributed by atoms with E-state index in [0.29, 0.717) is 25.9 Å². The van der Waals surface area contributed by atoms with E-state index in [9.17, 15) is 35.1 Å². The third-order valence-corrected chi connectivity index (χ3v) is 11.5. The van der Waals surface area contributed by atoms with Crippen molar-refractivity contribution in [3.8, 4) is 0 Å². The van der Waals surface area contributed by atoms with E-state index in [1.807, 2.05) is 6.08 Å². The summed E-state index contributed by atoms with van der Waals surface area (Å²) in [6.07, 6.45) is 36.6. The van der Waals surface area contributed by atoms with Crippen molar-refractivity contribution in [2.24, 2.45) is 0 Å². The highest BCUT2D eigenvalue weighted by Crippen LogP contribution is 2.22. The van der Waals surface area contributed by atoms with Gasteiger partial charge in [0.05, 0.1) is 32.0 Å². The van der Waals surface area contributed by atoms with Gasteiger partial charge in [-0.25, -0.2) is 0 Å². The maximum Gasteiger partial charge on any atom is 0.305 e. The molecule has 1 aliphatic rings. The van der Waals surface area contributed by atoms with Crippen LogP contribution in [0.25, 0.3) is 0 Å². The molecule has 0 aromatic carbocycles. The fourth-order valence-electron chi connectivity index (χ4n) is 7.44. The summed E-state index contributed by atoms with van der Waals surface area (Å²) in [5.74, 6) is -0.270. The summed E-state index contributed by atoms with van der Waals surface area (Å²) < 4.78 is 16.6. The maximum atomic E-state index is 12.9. The van der Waals surface area contributed by atoms with Gasteiger partial charge in [0.1, 0.15) is 24.4 Å². The molecule has 6 N–H and O–H groups in total. The minimum atomic E-state index is -1.58. The topological polar surface area (TPSA) is 175 Å². The Bertz CT molecular complexity index is 1110. The molecular weight excluding hydrogens is 775 g/mol. The van der Waals surface area contributed by atoms with Crippen LogP contribution in [0.4, 0.5) is 0 Å². The summed E-state index contributed by atoms with van der Waals surface area (Å²) in [5, 5.41) is 54.0. The molecule has 7 unspecified atom stereocenters. The van der Waals surface area contributed by atoms with Gasteiger partial charge < -0.3 is 45.1 Å². The molecule has 1 heterocycles. The van der Waals surface area contributed by atoms with Gasteiger partial charge in [0, 0.05) is 12.8 Å². The van der Waals surface area contributed by atoms with Gasteiger partial charge in [-0.1, -0.05) is 153 Å². The van der Waals surface area contributed by atoms with Gasteiger partial charge in [-0.3, -0.25) is 9.59 Å². The second-order valence-corrected chi connectivity index (χ2v) is 17.2. The van der Waals surface area contributed by atoms with Gasteiger partial charge in [-0.05, 0) is 77.0 Å². The van der Waals surface area contributed by atoms with Crippen molar-refractivity contribution < 1.29 is 49.3 Å². The molecule has 0 radical (unpaired) electrons. The standard InChI is InChI=1S/C50H91NO10/c1-3-5-7-9-11-13-14-18-22-26-30-34-38-46(55)59-39-35-31-27-23-19-16-15-17-21-25-29-33-37-45(54)51-42(43(53)36-32-28-24-20-12-10-8-6-4-2)41-60-50-49(58)48(57)47(56)44(40-52)61-50/h12,16,19-20,32,36,42-44,47-50,52-53,56-58H,3-11,13-15,17-18,21-31,33-35,37-41H2,1-2H3,(H,51,54)/b19-16-,20-12+,36-32+. The number of unbranched alkanes of at least 4 members (excludes halogenated alkanes) is 23. The van der Waals surface area contributed by atoms with Crippen LogP contribution in [0.15, 0.2) is 36.5 Å². The first-order valence-corrected chi connectivity index (χ1v) is 24.8. The molecule has 1 aliphatic heterocycles. The van der Waals surface area contributed by atoms with Crippen molar-refractivity contribution in [3.63, 3.8) is 0 Å². The molecule has 1 saturated heterocycles. The Hall–Kier alpha value is -2.12. The van der Waals surface area contributed by atoms with Gasteiger partial charge in [-0.15, -0.1) is 0 Å². The molecule has 1 rings (SSSR count). The highest BCUT2D eigenvalue weighted by Gasteiger charge is 2.44. The normalized spacial score (nSPS) is 20.5. The van der Waals surface area contributed by atoms with E-state index in [2.05, 4.69) is 43.5 Å². The smallest absolute Gasteiger partial charge is 0.305 e. The number of carbonyl (C=O) groups is 2. The van der Waals surface area contributed by atoms with E-state index in [1.54, 1.807) is 6.08 Å². The van der Waals surface area contributed by atoms with Gasteiger partial charge in [-0.2, -0.15) is 0 Å². The zero-order valence-electron chi connectivity index (χ0n) is 38.6. The number of esters is 1. The zero-order valence-corrected chi connectivity index (χ0v) is 38.6. The number of hydrogen-bond acceptors (Lipinski definition) is 10. The van der Waals surface area contributed by atoms with Crippen LogP contribution in [0.1, 0.15) is 206 Å². The average molecular weight is 866 g/mol. The molecule has 1 fully saturated rings. The molecule has 7 atom stereocenters. The van der Waals surface area contributed by atoms with Crippen LogP contribution in [0.5, 0.6) is 0 Å². The molecule has 0 aromatic heterocycles. The Balaban J connectivity index is 2.19. The van der Waals surface area contributed by atoms with Crippen LogP contribution in [0.2, 0.25) is 0 Å². The van der Waals surface area contributed by atoms with Crippen molar-refractivity contribution in [1.82, 2.24) is 5.32 Å². The van der Waals surface area contributed by atoms with Crippen LogP contribution in [0.3, 0.4) is 0 Å². The van der Waals surface area contributed by atoms with Crippen molar-refractivity contribution >= 4 is 11.9 Å². The number of rotatable bonds is 41. The minimum Gasteiger partial charge on any atom is -0.466 e. The van der Waals surface area contributed by atoms with Crippen molar-refractivity contribution in [1.29, 1.82) is 0 Å². The Labute approximate surface area is 371 Å². The van der Waals surface area contributed by atoms with Crippen LogP contribution in [-0.4, -0.2) is 100 Å². The molecule has 0 saturated carbocycles. The predicted molar refractivity (Wildman–Crippen MR) is 246 cm³/mol. The SMILES string of the molecule is CCCCC/C=C/CC/C=C/C(O)C(COC1OC(CO)C(O)C(O)C1O)NC(=O)CCCCCCC/C=C\CCCCCOC(=O)CCCCCCCCCCCCCC. The maximum absolute atomic E-state index is 12.9. The summed E-state index contributed by atoms with van der Waals surface area (Å²) in [4.78, 5) is 24.9. The number of hydrogen-bond donors (Lipinski definition) is 6. The number of allylic oxidation sites excluding steroid dienone is 5. The third-order valence-electron chi connectivity index (χ3n) is 11.5. The number of aliphatic hydroxyl groups excluding tert-OH is 5. The summed E-state index contributed by atoms with van der Waals surface area (Å²) in [5.41, 5.74) is 0. The molecule has 11 heteroatoms. The van der Waals surface area contributed by atoms with Crippen LogP contribution in [0, 0.1) is 0 Å². The number of nitrogens with one attached hydrogen (secondary N) is 1. The van der Waals surface area contributed by atoms with Gasteiger partial charge in [0.15, 0.2) is 6.29 Å². The van der Waals surface area contributed by atoms with Crippen molar-refractivity contribution in [2.75, 3.05) is 19.8 Å². The highest BCUT2D eigenvalue weighted by atomic mass is 16.7. The summed E-state index contributed by atoms with van der Waals surface area (Å²) in [6, 6.07) is -0.844. The fraction of sp³-hybridized carbons (Fsp3) is 0.840. The highest BCUT2D eigenvalue weighted by molar-refractivity contribution is 5.76. The Morgan fingerprint density at radius 2 is 1.07 bits per heavy atom. The lowest BCUT2D eigenvalue weighted by molar-refractivity contribution is -0.302. The van der Waals surface area contributed by atoms with Gasteiger partial charge in [0.25, 0.3) is 0 Å². The van der Waals surface area contributed by atoms with E-state index in [-0.39, 0.29) is 18.5 Å². The van der Waals surface area contributed by atoms with E-state index in [0.717, 1.165) is 89.9 Å². The third kappa shape index (κ3) is 31.4.